The lowest BCUT2D eigenvalue weighted by atomic mass is 9.56. The van der Waals surface area contributed by atoms with Crippen molar-refractivity contribution in [3.63, 3.8) is 0 Å². The van der Waals surface area contributed by atoms with Gasteiger partial charge in [-0.2, -0.15) is 0 Å². The Balaban J connectivity index is 1.60. The number of rotatable bonds is 7. The predicted molar refractivity (Wildman–Crippen MR) is 151 cm³/mol. The summed E-state index contributed by atoms with van der Waals surface area (Å²) < 4.78 is 24.5. The van der Waals surface area contributed by atoms with Crippen LogP contribution in [0, 0.1) is 35.5 Å². The Morgan fingerprint density at radius 3 is 2.61 bits per heavy atom. The van der Waals surface area contributed by atoms with E-state index in [1.165, 1.54) is 13.2 Å². The van der Waals surface area contributed by atoms with Crippen LogP contribution in [0.5, 0.6) is 0 Å². The van der Waals surface area contributed by atoms with Gasteiger partial charge in [-0.25, -0.2) is 4.79 Å². The van der Waals surface area contributed by atoms with Gasteiger partial charge in [-0.3, -0.25) is 4.79 Å². The highest BCUT2D eigenvalue weighted by Crippen LogP contribution is 2.62. The van der Waals surface area contributed by atoms with Crippen molar-refractivity contribution in [2.75, 3.05) is 13.7 Å². The van der Waals surface area contributed by atoms with Crippen LogP contribution in [0.1, 0.15) is 51.0 Å². The van der Waals surface area contributed by atoms with E-state index in [1.807, 2.05) is 45.9 Å². The summed E-state index contributed by atoms with van der Waals surface area (Å²) in [6.45, 7) is 7.77. The van der Waals surface area contributed by atoms with E-state index < -0.39 is 71.7 Å². The minimum atomic E-state index is -1.06. The fourth-order valence-corrected chi connectivity index (χ4v) is 8.05. The van der Waals surface area contributed by atoms with Crippen molar-refractivity contribution in [3.05, 3.63) is 45.7 Å². The largest absolute Gasteiger partial charge is 0.459 e. The van der Waals surface area contributed by atoms with Crippen molar-refractivity contribution in [1.82, 2.24) is 4.98 Å². The van der Waals surface area contributed by atoms with Crippen LogP contribution in [0.4, 0.5) is 0 Å². The molecule has 4 aliphatic rings. The van der Waals surface area contributed by atoms with Crippen molar-refractivity contribution in [2.24, 2.45) is 35.5 Å². The van der Waals surface area contributed by atoms with Gasteiger partial charge in [-0.15, -0.1) is 0 Å². The second kappa shape index (κ2) is 11.7. The highest BCUT2D eigenvalue weighted by atomic mass is 35.5. The number of methoxy groups -OCH3 is 1. The molecular formula is C30H39Cl2NO8. The van der Waals surface area contributed by atoms with Crippen LogP contribution in [0.3, 0.4) is 0 Å². The fraction of sp³-hybridized carbons (Fsp3) is 0.667. The molecule has 0 radical (unpaired) electrons. The normalized spacial score (nSPS) is 41.8. The molecule has 1 aromatic heterocycles. The first-order valence-electron chi connectivity index (χ1n) is 14.4. The third-order valence-corrected chi connectivity index (χ3v) is 10.3. The van der Waals surface area contributed by atoms with Gasteiger partial charge in [0.05, 0.1) is 29.8 Å². The van der Waals surface area contributed by atoms with E-state index in [2.05, 4.69) is 4.98 Å². The molecule has 3 heterocycles. The van der Waals surface area contributed by atoms with E-state index in [1.54, 1.807) is 0 Å². The Hall–Kier alpha value is -1.88. The Morgan fingerprint density at radius 1 is 1.27 bits per heavy atom. The minimum Gasteiger partial charge on any atom is -0.459 e. The summed E-state index contributed by atoms with van der Waals surface area (Å²) in [6, 6.07) is 1.40. The Kier molecular flexibility index (Phi) is 8.69. The van der Waals surface area contributed by atoms with Gasteiger partial charge in [0.25, 0.3) is 0 Å². The number of aliphatic hydroxyl groups is 2. The number of aromatic nitrogens is 1. The summed E-state index contributed by atoms with van der Waals surface area (Å²) >= 11 is 12.1. The summed E-state index contributed by atoms with van der Waals surface area (Å²) in [4.78, 5) is 29.6. The highest BCUT2D eigenvalue weighted by molar-refractivity contribution is 6.41. The zero-order valence-corrected chi connectivity index (χ0v) is 25.4. The van der Waals surface area contributed by atoms with Crippen LogP contribution < -0.4 is 0 Å². The van der Waals surface area contributed by atoms with Gasteiger partial charge >= 0.3 is 11.9 Å². The second-order valence-electron chi connectivity index (χ2n) is 11.8. The quantitative estimate of drug-likeness (QED) is 0.307. The molecule has 226 valence electrons. The van der Waals surface area contributed by atoms with Crippen molar-refractivity contribution < 1.29 is 38.7 Å². The lowest BCUT2D eigenvalue weighted by Crippen LogP contribution is -2.59. The molecule has 3 N–H and O–H groups in total. The van der Waals surface area contributed by atoms with Gasteiger partial charge < -0.3 is 34.1 Å². The van der Waals surface area contributed by atoms with Gasteiger partial charge in [0.15, 0.2) is 0 Å². The number of esters is 2. The van der Waals surface area contributed by atoms with Gasteiger partial charge in [0, 0.05) is 36.7 Å². The number of carbonyl (C=O) groups excluding carboxylic acids is 2. The van der Waals surface area contributed by atoms with E-state index >= 15 is 0 Å². The standard InChI is InChI=1S/C30H39Cl2NO8/c1-6-15-18-9-8-16-22-23(35)17(12-38-5)25(40-29(37)20-11-19(31)27(32)33-20)26(16)41-30(18,22)14(4)10-13(3)24(21(34)7-2)39-28(15)36/h8-11,13,15-18,21-26,33-35H,6-7,12H2,1-5H3/b14-10+/t13-,15-,16-,17-,18-,21-,22+,23-,24+,25-,26-,30+/m1/s1. The molecule has 12 atom stereocenters. The summed E-state index contributed by atoms with van der Waals surface area (Å²) in [5.41, 5.74) is -0.121. The van der Waals surface area contributed by atoms with Gasteiger partial charge in [-0.05, 0) is 31.4 Å². The molecule has 1 spiro atoms. The molecule has 11 heteroatoms. The topological polar surface area (TPSA) is 127 Å². The smallest absolute Gasteiger partial charge is 0.355 e. The molecule has 2 aliphatic carbocycles. The number of H-pyrrole nitrogens is 1. The number of aliphatic hydroxyl groups excluding tert-OH is 2. The first-order chi connectivity index (χ1) is 19.5. The van der Waals surface area contributed by atoms with Crippen LogP contribution in [-0.2, 0) is 23.7 Å². The summed E-state index contributed by atoms with van der Waals surface area (Å²) in [5, 5.41) is 23.1. The molecule has 2 fully saturated rings. The SMILES string of the molecule is CC[C@@H](O)[C@H]1OC(=O)[C@H](CC)[C@H]2C=C[C@H]3[C@H]4O[C@]2(/C(C)=C/[C@H]1C)[C@@H]3[C@H](O)[C@@H](COC)[C@H]4OC(=O)c1cc(Cl)c(Cl)[nH]1. The van der Waals surface area contributed by atoms with Gasteiger partial charge in [0.1, 0.15) is 34.8 Å². The summed E-state index contributed by atoms with van der Waals surface area (Å²) in [5.74, 6) is -3.72. The molecule has 0 amide bonds. The number of halogens is 2. The summed E-state index contributed by atoms with van der Waals surface area (Å²) in [6.07, 6.45) is 2.91. The van der Waals surface area contributed by atoms with Crippen LogP contribution >= 0.6 is 23.2 Å². The third-order valence-electron chi connectivity index (χ3n) is 9.63. The summed E-state index contributed by atoms with van der Waals surface area (Å²) in [7, 11) is 1.53. The molecule has 1 aromatic rings. The van der Waals surface area contributed by atoms with Crippen LogP contribution in [0.15, 0.2) is 29.9 Å². The molecule has 1 saturated heterocycles. The van der Waals surface area contributed by atoms with Crippen molar-refractivity contribution in [2.45, 2.75) is 76.7 Å². The van der Waals surface area contributed by atoms with Gasteiger partial charge in [0.2, 0.25) is 0 Å². The van der Waals surface area contributed by atoms with Crippen LogP contribution in [0.25, 0.3) is 0 Å². The van der Waals surface area contributed by atoms with E-state index in [4.69, 9.17) is 42.1 Å². The maximum Gasteiger partial charge on any atom is 0.355 e. The van der Waals surface area contributed by atoms with Crippen molar-refractivity contribution in [1.29, 1.82) is 0 Å². The zero-order chi connectivity index (χ0) is 29.8. The minimum absolute atomic E-state index is 0.0852. The molecular weight excluding hydrogens is 573 g/mol. The number of hydrogen-bond acceptors (Lipinski definition) is 8. The molecule has 41 heavy (non-hydrogen) atoms. The molecule has 2 aliphatic heterocycles. The molecule has 4 bridgehead atoms. The average molecular weight is 613 g/mol. The maximum atomic E-state index is 13.7. The van der Waals surface area contributed by atoms with Crippen LogP contribution in [0.2, 0.25) is 10.2 Å². The number of hydrogen-bond donors (Lipinski definition) is 3. The number of aromatic amines is 1. The Morgan fingerprint density at radius 2 is 2.00 bits per heavy atom. The van der Waals surface area contributed by atoms with Crippen molar-refractivity contribution >= 4 is 35.1 Å². The molecule has 5 rings (SSSR count). The average Bonchev–Trinajstić information content (AvgIpc) is 3.38. The first-order valence-corrected chi connectivity index (χ1v) is 15.1. The zero-order valence-electron chi connectivity index (χ0n) is 23.9. The Labute approximate surface area is 250 Å². The Bertz CT molecular complexity index is 1210. The molecule has 9 nitrogen and oxygen atoms in total. The second-order valence-corrected chi connectivity index (χ2v) is 12.6. The number of cyclic esters (lactones) is 1. The van der Waals surface area contributed by atoms with E-state index in [0.717, 1.165) is 5.57 Å². The number of carbonyl (C=O) groups is 2. The monoisotopic (exact) mass is 611 g/mol. The molecule has 1 saturated carbocycles. The maximum absolute atomic E-state index is 13.7. The van der Waals surface area contributed by atoms with E-state index in [0.29, 0.717) is 12.8 Å². The van der Waals surface area contributed by atoms with E-state index in [9.17, 15) is 19.8 Å². The fourth-order valence-electron chi connectivity index (χ4n) is 7.74. The molecule has 0 unspecified atom stereocenters. The number of ether oxygens (including phenoxy) is 4. The van der Waals surface area contributed by atoms with Gasteiger partial charge in [-0.1, -0.05) is 62.2 Å². The first kappa shape index (κ1) is 30.6. The highest BCUT2D eigenvalue weighted by Gasteiger charge is 2.70. The lowest BCUT2D eigenvalue weighted by Gasteiger charge is -2.49. The van der Waals surface area contributed by atoms with E-state index in [-0.39, 0.29) is 34.3 Å². The third kappa shape index (κ3) is 4.86. The number of nitrogens with one attached hydrogen (secondary N) is 1. The lowest BCUT2D eigenvalue weighted by molar-refractivity contribution is -0.168. The van der Waals surface area contributed by atoms with Crippen LogP contribution in [-0.4, -0.2) is 77.0 Å². The molecule has 0 aromatic carbocycles. The van der Waals surface area contributed by atoms with Crippen molar-refractivity contribution in [3.8, 4) is 0 Å². The predicted octanol–water partition coefficient (Wildman–Crippen LogP) is 4.34.